The average Bonchev–Trinajstić information content (AvgIpc) is 2.61. The molecule has 26 heavy (non-hydrogen) atoms. The van der Waals surface area contributed by atoms with E-state index in [0.29, 0.717) is 6.42 Å². The number of nitro benzene ring substituents is 2. The van der Waals surface area contributed by atoms with Crippen LogP contribution in [0.25, 0.3) is 0 Å². The topological polar surface area (TPSA) is 131 Å². The number of nitro groups is 2. The lowest BCUT2D eigenvalue weighted by Gasteiger charge is -2.18. The zero-order valence-corrected chi connectivity index (χ0v) is 14.5. The Morgan fingerprint density at radius 1 is 0.846 bits per heavy atom. The number of hydrogen-bond donors (Lipinski definition) is 0. The van der Waals surface area contributed by atoms with Crippen molar-refractivity contribution >= 4 is 19.2 Å². The van der Waals surface area contributed by atoms with Gasteiger partial charge in [-0.15, -0.1) is 0 Å². The third-order valence-electron chi connectivity index (χ3n) is 2.98. The van der Waals surface area contributed by atoms with Crippen LogP contribution in [0.1, 0.15) is 13.3 Å². The number of phosphoric ester groups is 1. The number of benzene rings is 2. The summed E-state index contributed by atoms with van der Waals surface area (Å²) >= 11 is 0. The maximum Gasteiger partial charge on any atom is 0.587 e. The predicted octanol–water partition coefficient (Wildman–Crippen LogP) is 4.50. The summed E-state index contributed by atoms with van der Waals surface area (Å²) < 4.78 is 28.5. The van der Waals surface area contributed by atoms with Gasteiger partial charge in [-0.1, -0.05) is 6.92 Å². The van der Waals surface area contributed by atoms with Crippen LogP contribution in [-0.2, 0) is 9.09 Å². The van der Waals surface area contributed by atoms with Crippen LogP contribution in [0.15, 0.2) is 48.5 Å². The van der Waals surface area contributed by atoms with Crippen molar-refractivity contribution in [2.45, 2.75) is 13.3 Å². The highest BCUT2D eigenvalue weighted by atomic mass is 31.2. The van der Waals surface area contributed by atoms with E-state index in [-0.39, 0.29) is 29.5 Å². The second-order valence-electron chi connectivity index (χ2n) is 4.97. The SMILES string of the molecule is CCCOP(=O)(Oc1ccc([N+](=O)[O-])cc1)Oc1ccc([N+](=O)[O-])cc1. The molecule has 10 nitrogen and oxygen atoms in total. The first-order chi connectivity index (χ1) is 12.3. The molecule has 0 unspecified atom stereocenters. The summed E-state index contributed by atoms with van der Waals surface area (Å²) in [5, 5.41) is 21.3. The quantitative estimate of drug-likeness (QED) is 0.352. The van der Waals surface area contributed by atoms with Gasteiger partial charge in [0.2, 0.25) is 0 Å². The van der Waals surface area contributed by atoms with Gasteiger partial charge in [0.1, 0.15) is 11.5 Å². The van der Waals surface area contributed by atoms with E-state index in [2.05, 4.69) is 0 Å². The molecule has 0 saturated heterocycles. The lowest BCUT2D eigenvalue weighted by molar-refractivity contribution is -0.385. The van der Waals surface area contributed by atoms with Crippen LogP contribution in [0, 0.1) is 20.2 Å². The molecule has 0 saturated carbocycles. The first-order valence-corrected chi connectivity index (χ1v) is 8.92. The van der Waals surface area contributed by atoms with Crippen molar-refractivity contribution in [2.24, 2.45) is 0 Å². The fraction of sp³-hybridized carbons (Fsp3) is 0.200. The lowest BCUT2D eigenvalue weighted by Crippen LogP contribution is -2.06. The monoisotopic (exact) mass is 382 g/mol. The molecule has 2 aromatic rings. The number of rotatable bonds is 9. The fourth-order valence-corrected chi connectivity index (χ4v) is 3.10. The minimum absolute atomic E-state index is 0.0527. The van der Waals surface area contributed by atoms with Crippen molar-refractivity contribution in [2.75, 3.05) is 6.61 Å². The maximum absolute atomic E-state index is 12.8. The normalized spacial score (nSPS) is 11.0. The Hall–Kier alpha value is -2.97. The van der Waals surface area contributed by atoms with E-state index in [4.69, 9.17) is 13.6 Å². The predicted molar refractivity (Wildman–Crippen MR) is 91.3 cm³/mol. The van der Waals surface area contributed by atoms with E-state index in [9.17, 15) is 24.8 Å². The Kier molecular flexibility index (Phi) is 6.26. The highest BCUT2D eigenvalue weighted by Gasteiger charge is 2.31. The molecular weight excluding hydrogens is 367 g/mol. The molecule has 0 heterocycles. The van der Waals surface area contributed by atoms with Gasteiger partial charge in [-0.05, 0) is 30.7 Å². The van der Waals surface area contributed by atoms with Crippen LogP contribution < -0.4 is 9.05 Å². The number of hydrogen-bond acceptors (Lipinski definition) is 8. The van der Waals surface area contributed by atoms with E-state index in [1.807, 2.05) is 0 Å². The molecule has 2 aromatic carbocycles. The van der Waals surface area contributed by atoms with E-state index >= 15 is 0 Å². The van der Waals surface area contributed by atoms with Crippen LogP contribution in [0.4, 0.5) is 11.4 Å². The summed E-state index contributed by atoms with van der Waals surface area (Å²) in [4.78, 5) is 20.2. The van der Waals surface area contributed by atoms with E-state index in [0.717, 1.165) is 0 Å². The van der Waals surface area contributed by atoms with Crippen molar-refractivity contribution in [3.8, 4) is 11.5 Å². The number of non-ortho nitro benzene ring substituents is 2. The van der Waals surface area contributed by atoms with Gasteiger partial charge in [0, 0.05) is 24.3 Å². The molecule has 0 atom stereocenters. The molecule has 0 amide bonds. The fourth-order valence-electron chi connectivity index (χ4n) is 1.79. The molecule has 0 fully saturated rings. The van der Waals surface area contributed by atoms with Crippen LogP contribution in [0.2, 0.25) is 0 Å². The van der Waals surface area contributed by atoms with Gasteiger partial charge in [0.25, 0.3) is 11.4 Å². The third-order valence-corrected chi connectivity index (χ3v) is 4.35. The van der Waals surface area contributed by atoms with Gasteiger partial charge < -0.3 is 9.05 Å². The highest BCUT2D eigenvalue weighted by molar-refractivity contribution is 7.49. The zero-order chi connectivity index (χ0) is 19.2. The number of nitrogens with zero attached hydrogens (tertiary/aromatic N) is 2. The molecule has 2 rings (SSSR count). The number of phosphoric acid groups is 1. The molecule has 0 aliphatic heterocycles. The summed E-state index contributed by atoms with van der Waals surface area (Å²) in [5.74, 6) is 0.105. The van der Waals surface area contributed by atoms with Crippen LogP contribution in [0.5, 0.6) is 11.5 Å². The van der Waals surface area contributed by atoms with Crippen molar-refractivity contribution in [1.29, 1.82) is 0 Å². The molecule has 11 heteroatoms. The maximum atomic E-state index is 12.8. The average molecular weight is 382 g/mol. The second-order valence-corrected chi connectivity index (χ2v) is 6.48. The minimum Gasteiger partial charge on any atom is -0.395 e. The molecule has 0 aliphatic carbocycles. The molecule has 0 aliphatic rings. The van der Waals surface area contributed by atoms with Gasteiger partial charge in [-0.2, -0.15) is 0 Å². The van der Waals surface area contributed by atoms with Gasteiger partial charge >= 0.3 is 7.82 Å². The summed E-state index contributed by atoms with van der Waals surface area (Å²) in [6, 6.07) is 9.80. The summed E-state index contributed by atoms with van der Waals surface area (Å²) in [5.41, 5.74) is -0.309. The Labute approximate surface area is 148 Å². The van der Waals surface area contributed by atoms with E-state index < -0.39 is 17.7 Å². The van der Waals surface area contributed by atoms with Crippen LogP contribution in [0.3, 0.4) is 0 Å². The Morgan fingerprint density at radius 2 is 1.23 bits per heavy atom. The second kappa shape index (κ2) is 8.41. The van der Waals surface area contributed by atoms with Crippen molar-refractivity contribution < 1.29 is 28.0 Å². The van der Waals surface area contributed by atoms with E-state index in [1.54, 1.807) is 6.92 Å². The largest absolute Gasteiger partial charge is 0.587 e. The Balaban J connectivity index is 2.19. The standard InChI is InChI=1S/C15H15N2O8P/c1-2-11-23-26(22,24-14-7-3-12(4-8-14)16(18)19)25-15-9-5-13(6-10-15)17(20)21/h3-10H,2,11H2,1H3. The molecule has 0 bridgehead atoms. The molecular formula is C15H15N2O8P. The van der Waals surface area contributed by atoms with Gasteiger partial charge in [-0.25, -0.2) is 4.57 Å². The summed E-state index contributed by atoms with van der Waals surface area (Å²) in [6.45, 7) is 1.87. The van der Waals surface area contributed by atoms with Crippen molar-refractivity contribution in [3.05, 3.63) is 68.8 Å². The zero-order valence-electron chi connectivity index (χ0n) is 13.6. The first kappa shape index (κ1) is 19.4. The lowest BCUT2D eigenvalue weighted by atomic mass is 10.3. The first-order valence-electron chi connectivity index (χ1n) is 7.45. The Bertz CT molecular complexity index is 759. The molecule has 138 valence electrons. The Morgan fingerprint density at radius 3 is 1.54 bits per heavy atom. The molecule has 0 radical (unpaired) electrons. The highest BCUT2D eigenvalue weighted by Crippen LogP contribution is 2.50. The van der Waals surface area contributed by atoms with Crippen LogP contribution >= 0.6 is 7.82 Å². The molecule has 0 spiro atoms. The molecule has 0 aromatic heterocycles. The smallest absolute Gasteiger partial charge is 0.395 e. The van der Waals surface area contributed by atoms with Crippen molar-refractivity contribution in [1.82, 2.24) is 0 Å². The minimum atomic E-state index is -4.10. The molecule has 0 N–H and O–H groups in total. The van der Waals surface area contributed by atoms with E-state index in [1.165, 1.54) is 48.5 Å². The van der Waals surface area contributed by atoms with Gasteiger partial charge in [0.05, 0.1) is 16.5 Å². The summed E-state index contributed by atoms with van der Waals surface area (Å²) in [6.07, 6.45) is 0.539. The third kappa shape index (κ3) is 5.27. The summed E-state index contributed by atoms with van der Waals surface area (Å²) in [7, 11) is -4.10. The van der Waals surface area contributed by atoms with Gasteiger partial charge in [-0.3, -0.25) is 24.8 Å². The van der Waals surface area contributed by atoms with Gasteiger partial charge in [0.15, 0.2) is 0 Å². The van der Waals surface area contributed by atoms with Crippen molar-refractivity contribution in [3.63, 3.8) is 0 Å². The van der Waals surface area contributed by atoms with Crippen LogP contribution in [-0.4, -0.2) is 16.5 Å².